The van der Waals surface area contributed by atoms with Gasteiger partial charge in [-0.25, -0.2) is 0 Å². The number of hydrogen-bond donors (Lipinski definition) is 2. The number of fused-ring (bicyclic) bond motifs is 1. The molecule has 1 aliphatic carbocycles. The fourth-order valence-electron chi connectivity index (χ4n) is 2.93. The minimum atomic E-state index is -4.45. The van der Waals surface area contributed by atoms with Crippen LogP contribution in [0.2, 0.25) is 0 Å². The summed E-state index contributed by atoms with van der Waals surface area (Å²) in [5, 5.41) is 9.67. The SMILES string of the molecule is O=C(Cc1ccccc1C(F)(F)F)NC1CCc2cn[nH]c2C1. The topological polar surface area (TPSA) is 57.8 Å². The first-order chi connectivity index (χ1) is 10.9. The van der Waals surface area contributed by atoms with Crippen molar-refractivity contribution in [3.8, 4) is 0 Å². The Balaban J connectivity index is 1.65. The average Bonchev–Trinajstić information content (AvgIpc) is 2.94. The molecule has 3 rings (SSSR count). The molecule has 1 atom stereocenters. The van der Waals surface area contributed by atoms with Crippen molar-refractivity contribution in [2.75, 3.05) is 0 Å². The van der Waals surface area contributed by atoms with E-state index in [0.717, 1.165) is 30.2 Å². The average molecular weight is 323 g/mol. The third-order valence-corrected chi connectivity index (χ3v) is 4.06. The predicted octanol–water partition coefficient (Wildman–Crippen LogP) is 2.64. The fraction of sp³-hybridized carbons (Fsp3) is 0.375. The molecule has 1 amide bonds. The highest BCUT2D eigenvalue weighted by molar-refractivity contribution is 5.79. The van der Waals surface area contributed by atoms with Crippen molar-refractivity contribution in [2.24, 2.45) is 0 Å². The normalized spacial score (nSPS) is 17.6. The number of nitrogens with one attached hydrogen (secondary N) is 2. The maximum absolute atomic E-state index is 12.9. The van der Waals surface area contributed by atoms with Crippen molar-refractivity contribution in [3.63, 3.8) is 0 Å². The summed E-state index contributed by atoms with van der Waals surface area (Å²) in [4.78, 5) is 12.1. The number of aromatic amines is 1. The number of nitrogens with zero attached hydrogens (tertiary/aromatic N) is 1. The summed E-state index contributed by atoms with van der Waals surface area (Å²) in [5.41, 5.74) is 1.36. The predicted molar refractivity (Wildman–Crippen MR) is 77.7 cm³/mol. The molecule has 2 aromatic rings. The molecule has 1 aliphatic rings. The molecule has 0 aliphatic heterocycles. The van der Waals surface area contributed by atoms with E-state index in [4.69, 9.17) is 0 Å². The highest BCUT2D eigenvalue weighted by Gasteiger charge is 2.33. The number of benzene rings is 1. The fourth-order valence-corrected chi connectivity index (χ4v) is 2.93. The molecule has 23 heavy (non-hydrogen) atoms. The zero-order chi connectivity index (χ0) is 16.4. The monoisotopic (exact) mass is 323 g/mol. The molecule has 0 saturated heterocycles. The van der Waals surface area contributed by atoms with Crippen molar-refractivity contribution >= 4 is 5.91 Å². The first-order valence-corrected chi connectivity index (χ1v) is 7.39. The van der Waals surface area contributed by atoms with Crippen molar-refractivity contribution in [3.05, 3.63) is 52.8 Å². The molecule has 7 heteroatoms. The Kier molecular flexibility index (Phi) is 4.11. The Morgan fingerprint density at radius 3 is 2.91 bits per heavy atom. The summed E-state index contributed by atoms with van der Waals surface area (Å²) in [6, 6.07) is 5.10. The third-order valence-electron chi connectivity index (χ3n) is 4.06. The molecule has 0 spiro atoms. The summed E-state index contributed by atoms with van der Waals surface area (Å²) in [6.45, 7) is 0. The molecule has 0 radical (unpaired) electrons. The van der Waals surface area contributed by atoms with Gasteiger partial charge in [-0.1, -0.05) is 18.2 Å². The number of hydrogen-bond acceptors (Lipinski definition) is 2. The molecule has 2 N–H and O–H groups in total. The second-order valence-corrected chi connectivity index (χ2v) is 5.71. The van der Waals surface area contributed by atoms with Crippen LogP contribution in [0.25, 0.3) is 0 Å². The van der Waals surface area contributed by atoms with Gasteiger partial charge in [0.2, 0.25) is 5.91 Å². The number of carbonyl (C=O) groups excluding carboxylic acids is 1. The van der Waals surface area contributed by atoms with Gasteiger partial charge in [-0.3, -0.25) is 9.89 Å². The summed E-state index contributed by atoms with van der Waals surface area (Å²) in [6.07, 6.45) is -0.765. The van der Waals surface area contributed by atoms with E-state index in [1.54, 1.807) is 6.20 Å². The van der Waals surface area contributed by atoms with Crippen molar-refractivity contribution in [2.45, 2.75) is 37.9 Å². The molecule has 0 fully saturated rings. The number of aromatic nitrogens is 2. The summed E-state index contributed by atoms with van der Waals surface area (Å²) < 4.78 is 38.8. The number of aryl methyl sites for hydroxylation is 1. The largest absolute Gasteiger partial charge is 0.416 e. The highest BCUT2D eigenvalue weighted by atomic mass is 19.4. The molecule has 122 valence electrons. The second kappa shape index (κ2) is 6.06. The molecule has 1 aromatic heterocycles. The van der Waals surface area contributed by atoms with Gasteiger partial charge in [-0.05, 0) is 30.0 Å². The summed E-state index contributed by atoms with van der Waals surface area (Å²) >= 11 is 0. The van der Waals surface area contributed by atoms with Crippen molar-refractivity contribution in [1.29, 1.82) is 0 Å². The minimum Gasteiger partial charge on any atom is -0.353 e. The number of rotatable bonds is 3. The minimum absolute atomic E-state index is 0.00413. The lowest BCUT2D eigenvalue weighted by Crippen LogP contribution is -2.39. The van der Waals surface area contributed by atoms with Gasteiger partial charge >= 0.3 is 6.18 Å². The Morgan fingerprint density at radius 1 is 1.35 bits per heavy atom. The van der Waals surface area contributed by atoms with E-state index in [2.05, 4.69) is 15.5 Å². The van der Waals surface area contributed by atoms with E-state index < -0.39 is 17.6 Å². The van der Waals surface area contributed by atoms with Gasteiger partial charge in [-0.2, -0.15) is 18.3 Å². The van der Waals surface area contributed by atoms with E-state index >= 15 is 0 Å². The molecular formula is C16H16F3N3O. The van der Waals surface area contributed by atoms with Gasteiger partial charge in [-0.15, -0.1) is 0 Å². The molecule has 1 heterocycles. The maximum Gasteiger partial charge on any atom is 0.416 e. The van der Waals surface area contributed by atoms with E-state index in [-0.39, 0.29) is 18.0 Å². The Hall–Kier alpha value is -2.31. The summed E-state index contributed by atoms with van der Waals surface area (Å²) in [7, 11) is 0. The molecule has 0 saturated carbocycles. The lowest BCUT2D eigenvalue weighted by atomic mass is 9.93. The smallest absolute Gasteiger partial charge is 0.353 e. The second-order valence-electron chi connectivity index (χ2n) is 5.71. The number of alkyl halides is 3. The van der Waals surface area contributed by atoms with E-state index in [1.807, 2.05) is 0 Å². The van der Waals surface area contributed by atoms with Gasteiger partial charge in [0.15, 0.2) is 0 Å². The number of carbonyl (C=O) groups is 1. The molecular weight excluding hydrogens is 307 g/mol. The molecule has 1 aromatic carbocycles. The first kappa shape index (κ1) is 15.6. The van der Waals surface area contributed by atoms with Crippen molar-refractivity contribution in [1.82, 2.24) is 15.5 Å². The van der Waals surface area contributed by atoms with Gasteiger partial charge in [0.1, 0.15) is 0 Å². The number of H-pyrrole nitrogens is 1. The van der Waals surface area contributed by atoms with Crippen LogP contribution in [0, 0.1) is 0 Å². The summed E-state index contributed by atoms with van der Waals surface area (Å²) in [5.74, 6) is -0.394. The van der Waals surface area contributed by atoms with Crippen LogP contribution in [0.1, 0.15) is 28.8 Å². The lowest BCUT2D eigenvalue weighted by molar-refractivity contribution is -0.138. The van der Waals surface area contributed by atoms with Crippen LogP contribution < -0.4 is 5.32 Å². The van der Waals surface area contributed by atoms with Gasteiger partial charge in [0, 0.05) is 18.2 Å². The quantitative estimate of drug-likeness (QED) is 0.912. The maximum atomic E-state index is 12.9. The highest BCUT2D eigenvalue weighted by Crippen LogP contribution is 2.32. The zero-order valence-corrected chi connectivity index (χ0v) is 12.3. The van der Waals surface area contributed by atoms with E-state index in [9.17, 15) is 18.0 Å². The lowest BCUT2D eigenvalue weighted by Gasteiger charge is -2.23. The van der Waals surface area contributed by atoms with Gasteiger partial charge in [0.25, 0.3) is 0 Å². The third kappa shape index (κ3) is 3.55. The standard InChI is InChI=1S/C16H16F3N3O/c17-16(18,19)13-4-2-1-3-10(13)7-15(23)21-12-6-5-11-9-20-22-14(11)8-12/h1-4,9,12H,5-8H2,(H,20,22)(H,21,23). The number of halogens is 3. The van der Waals surface area contributed by atoms with Crippen LogP contribution in [-0.2, 0) is 30.2 Å². The van der Waals surface area contributed by atoms with Crippen LogP contribution in [-0.4, -0.2) is 22.1 Å². The van der Waals surface area contributed by atoms with E-state index in [1.165, 1.54) is 18.2 Å². The Bertz CT molecular complexity index is 709. The van der Waals surface area contributed by atoms with Gasteiger partial charge < -0.3 is 5.32 Å². The van der Waals surface area contributed by atoms with Gasteiger partial charge in [0.05, 0.1) is 18.2 Å². The van der Waals surface area contributed by atoms with E-state index in [0.29, 0.717) is 6.42 Å². The van der Waals surface area contributed by atoms with Crippen LogP contribution in [0.15, 0.2) is 30.5 Å². The Morgan fingerprint density at radius 2 is 2.13 bits per heavy atom. The van der Waals surface area contributed by atoms with Crippen LogP contribution in [0.3, 0.4) is 0 Å². The van der Waals surface area contributed by atoms with Crippen molar-refractivity contribution < 1.29 is 18.0 Å². The van der Waals surface area contributed by atoms with Crippen LogP contribution in [0.5, 0.6) is 0 Å². The first-order valence-electron chi connectivity index (χ1n) is 7.39. The Labute approximate surface area is 131 Å². The van der Waals surface area contributed by atoms with Crippen LogP contribution >= 0.6 is 0 Å². The van der Waals surface area contributed by atoms with Crippen LogP contribution in [0.4, 0.5) is 13.2 Å². The molecule has 1 unspecified atom stereocenters. The number of amides is 1. The molecule has 0 bridgehead atoms. The molecule has 4 nitrogen and oxygen atoms in total. The zero-order valence-electron chi connectivity index (χ0n) is 12.3.